The number of hydrogen-bond donors (Lipinski definition) is 0. The van der Waals surface area contributed by atoms with Gasteiger partial charge in [0.2, 0.25) is 11.9 Å². The quantitative estimate of drug-likeness (QED) is 0.744. The Balaban J connectivity index is 1.76. The van der Waals surface area contributed by atoms with Gasteiger partial charge in [-0.2, -0.15) is 0 Å². The Morgan fingerprint density at radius 2 is 2.04 bits per heavy atom. The summed E-state index contributed by atoms with van der Waals surface area (Å²) in [6, 6.07) is 2.86. The van der Waals surface area contributed by atoms with E-state index in [1.165, 1.54) is 9.80 Å². The predicted molar refractivity (Wildman–Crippen MR) is 102 cm³/mol. The van der Waals surface area contributed by atoms with Gasteiger partial charge in [0.15, 0.2) is 0 Å². The summed E-state index contributed by atoms with van der Waals surface area (Å²) in [5, 5.41) is 0. The van der Waals surface area contributed by atoms with Gasteiger partial charge in [0, 0.05) is 13.6 Å². The van der Waals surface area contributed by atoms with Crippen molar-refractivity contribution in [2.45, 2.75) is 46.7 Å². The van der Waals surface area contributed by atoms with E-state index in [4.69, 9.17) is 9.41 Å². The number of nitrogens with zero attached hydrogens (tertiary/aromatic N) is 5. The molecule has 2 aliphatic heterocycles. The lowest BCUT2D eigenvalue weighted by Crippen LogP contribution is -2.58. The number of urea groups is 1. The molecule has 4 heterocycles. The third kappa shape index (κ3) is 2.66. The van der Waals surface area contributed by atoms with Gasteiger partial charge in [-0.05, 0) is 38.3 Å². The van der Waals surface area contributed by atoms with Crippen LogP contribution < -0.4 is 4.57 Å². The van der Waals surface area contributed by atoms with E-state index in [1.807, 2.05) is 35.1 Å². The Bertz CT molecular complexity index is 971. The van der Waals surface area contributed by atoms with Crippen molar-refractivity contribution < 1.29 is 18.6 Å². The Kier molecular flexibility index (Phi) is 4.36. The van der Waals surface area contributed by atoms with E-state index < -0.39 is 6.04 Å². The van der Waals surface area contributed by atoms with Crippen LogP contribution in [0.15, 0.2) is 27.8 Å². The first-order valence-corrected chi connectivity index (χ1v) is 9.62. The third-order valence-corrected chi connectivity index (χ3v) is 5.65. The van der Waals surface area contributed by atoms with Crippen molar-refractivity contribution in [2.75, 3.05) is 13.6 Å². The molecule has 0 radical (unpaired) electrons. The molecule has 1 atom stereocenters. The van der Waals surface area contributed by atoms with Crippen molar-refractivity contribution in [1.29, 1.82) is 0 Å². The number of imide groups is 1. The molecule has 4 rings (SSSR count). The second-order valence-corrected chi connectivity index (χ2v) is 7.89. The second kappa shape index (κ2) is 6.61. The first-order chi connectivity index (χ1) is 13.3. The fraction of sp³-hybridized carbons (Fsp3) is 0.500. The molecular weight excluding hydrogens is 358 g/mol. The van der Waals surface area contributed by atoms with Crippen LogP contribution in [0.2, 0.25) is 0 Å². The number of imidazole rings is 1. The van der Waals surface area contributed by atoms with Gasteiger partial charge in [-0.3, -0.25) is 14.6 Å². The highest BCUT2D eigenvalue weighted by atomic mass is 16.3. The third-order valence-electron chi connectivity index (χ3n) is 5.65. The van der Waals surface area contributed by atoms with Crippen molar-refractivity contribution >= 4 is 23.7 Å². The Hall–Kier alpha value is -2.90. The summed E-state index contributed by atoms with van der Waals surface area (Å²) < 4.78 is 9.47. The van der Waals surface area contributed by atoms with Crippen molar-refractivity contribution in [3.63, 3.8) is 0 Å². The van der Waals surface area contributed by atoms with Crippen LogP contribution in [-0.4, -0.2) is 45.7 Å². The maximum atomic E-state index is 13.3. The van der Waals surface area contributed by atoms with E-state index in [-0.39, 0.29) is 11.9 Å². The fourth-order valence-electron chi connectivity index (χ4n) is 3.84. The molecule has 0 spiro atoms. The number of aromatic nitrogens is 2. The van der Waals surface area contributed by atoms with Crippen molar-refractivity contribution in [2.24, 2.45) is 10.9 Å². The Morgan fingerprint density at radius 1 is 1.29 bits per heavy atom. The molecule has 2 aromatic heterocycles. The molecule has 8 nitrogen and oxygen atoms in total. The van der Waals surface area contributed by atoms with Gasteiger partial charge >= 0.3 is 12.0 Å². The number of hydrogen-bond acceptors (Lipinski definition) is 4. The monoisotopic (exact) mass is 384 g/mol. The van der Waals surface area contributed by atoms with Crippen LogP contribution in [0.25, 0.3) is 0 Å². The molecule has 1 saturated heterocycles. The minimum absolute atomic E-state index is 0.204. The first-order valence-electron chi connectivity index (χ1n) is 9.62. The number of carbonyl (C=O) groups excluding carboxylic acids is 2. The number of rotatable bonds is 5. The minimum Gasteiger partial charge on any atom is -0.466 e. The van der Waals surface area contributed by atoms with Crippen LogP contribution in [0.1, 0.15) is 43.5 Å². The van der Waals surface area contributed by atoms with E-state index in [0.29, 0.717) is 30.8 Å². The van der Waals surface area contributed by atoms with Crippen LogP contribution in [0, 0.1) is 19.8 Å². The van der Waals surface area contributed by atoms with Gasteiger partial charge in [-0.15, -0.1) is 0 Å². The number of likely N-dealkylation sites (N-methyl/N-ethyl adjacent to an activating group) is 1. The van der Waals surface area contributed by atoms with Gasteiger partial charge in [-0.25, -0.2) is 13.9 Å². The molecule has 0 aromatic carbocycles. The summed E-state index contributed by atoms with van der Waals surface area (Å²) in [6.45, 7) is 9.11. The number of furan rings is 1. The molecule has 2 aromatic rings. The molecule has 28 heavy (non-hydrogen) atoms. The number of aliphatic imine (C=N–C) groups is 1. The molecule has 1 unspecified atom stereocenters. The normalized spacial score (nSPS) is 18.8. The SMILES string of the molecule is Cc1c(C)[n+](Cc2ccco2)c2n1C1C(=O)N(CCC(C)C)C(=O)N(C)C1=N2. The van der Waals surface area contributed by atoms with Crippen LogP contribution in [0.4, 0.5) is 10.7 Å². The molecule has 0 aliphatic carbocycles. The van der Waals surface area contributed by atoms with Crippen LogP contribution >= 0.6 is 0 Å². The fourth-order valence-corrected chi connectivity index (χ4v) is 3.84. The van der Waals surface area contributed by atoms with Crippen molar-refractivity contribution in [3.05, 3.63) is 35.5 Å². The summed E-state index contributed by atoms with van der Waals surface area (Å²) in [7, 11) is 1.69. The standard InChI is InChI=1S/C20H26N5O3/c1-12(2)8-9-23-18(26)16-17(22(5)20(23)27)21-19-24(11-15-7-6-10-28-15)13(3)14(4)25(16)19/h6-7,10,12,16H,8-9,11H2,1-5H3/q+1. The molecule has 0 saturated carbocycles. The maximum absolute atomic E-state index is 13.3. The summed E-state index contributed by atoms with van der Waals surface area (Å²) in [5.74, 6) is 2.17. The lowest BCUT2D eigenvalue weighted by atomic mass is 10.1. The van der Waals surface area contributed by atoms with Crippen LogP contribution in [-0.2, 0) is 11.3 Å². The molecule has 8 heteroatoms. The van der Waals surface area contributed by atoms with Crippen molar-refractivity contribution in [3.8, 4) is 0 Å². The number of amides is 3. The molecule has 0 bridgehead atoms. The second-order valence-electron chi connectivity index (χ2n) is 7.89. The number of fused-ring (bicyclic) bond motifs is 3. The van der Waals surface area contributed by atoms with E-state index >= 15 is 0 Å². The zero-order valence-corrected chi connectivity index (χ0v) is 17.0. The molecular formula is C20H26N5O3+. The summed E-state index contributed by atoms with van der Waals surface area (Å²) in [6.07, 6.45) is 2.42. The molecule has 0 N–H and O–H groups in total. The van der Waals surface area contributed by atoms with Gasteiger partial charge < -0.3 is 4.42 Å². The largest absolute Gasteiger partial charge is 0.466 e. The first kappa shape index (κ1) is 18.5. The van der Waals surface area contributed by atoms with E-state index in [0.717, 1.165) is 23.6 Å². The Morgan fingerprint density at radius 3 is 2.68 bits per heavy atom. The average molecular weight is 384 g/mol. The van der Waals surface area contributed by atoms with Gasteiger partial charge in [0.25, 0.3) is 5.91 Å². The highest BCUT2D eigenvalue weighted by Crippen LogP contribution is 2.35. The zero-order chi connectivity index (χ0) is 20.2. The summed E-state index contributed by atoms with van der Waals surface area (Å²) >= 11 is 0. The predicted octanol–water partition coefficient (Wildman–Crippen LogP) is 2.56. The van der Waals surface area contributed by atoms with E-state index in [9.17, 15) is 9.59 Å². The van der Waals surface area contributed by atoms with E-state index in [1.54, 1.807) is 13.3 Å². The molecule has 148 valence electrons. The highest BCUT2D eigenvalue weighted by Gasteiger charge is 2.54. The maximum Gasteiger partial charge on any atom is 0.402 e. The van der Waals surface area contributed by atoms with E-state index in [2.05, 4.69) is 13.8 Å². The molecule has 2 aliphatic rings. The Labute approximate surface area is 164 Å². The lowest BCUT2D eigenvalue weighted by molar-refractivity contribution is -0.682. The minimum atomic E-state index is -0.596. The molecule has 3 amide bonds. The number of carbonyl (C=O) groups is 2. The summed E-state index contributed by atoms with van der Waals surface area (Å²) in [4.78, 5) is 33.6. The van der Waals surface area contributed by atoms with Gasteiger partial charge in [-0.1, -0.05) is 18.8 Å². The zero-order valence-electron chi connectivity index (χ0n) is 17.0. The highest BCUT2D eigenvalue weighted by molar-refractivity contribution is 6.20. The number of amidine groups is 1. The van der Waals surface area contributed by atoms with Crippen molar-refractivity contribution in [1.82, 2.24) is 14.4 Å². The average Bonchev–Trinajstić information content (AvgIpc) is 3.34. The van der Waals surface area contributed by atoms with Crippen LogP contribution in [0.5, 0.6) is 0 Å². The smallest absolute Gasteiger partial charge is 0.402 e. The van der Waals surface area contributed by atoms with Gasteiger partial charge in [0.1, 0.15) is 23.7 Å². The lowest BCUT2D eigenvalue weighted by Gasteiger charge is -2.33. The topological polar surface area (TPSA) is 74.9 Å². The van der Waals surface area contributed by atoms with Crippen LogP contribution in [0.3, 0.4) is 0 Å². The summed E-state index contributed by atoms with van der Waals surface area (Å²) in [5.41, 5.74) is 1.99. The molecule has 1 fully saturated rings. The van der Waals surface area contributed by atoms with Gasteiger partial charge in [0.05, 0.1) is 6.26 Å².